The van der Waals surface area contributed by atoms with E-state index in [0.717, 1.165) is 24.2 Å². The van der Waals surface area contributed by atoms with Crippen molar-refractivity contribution in [2.75, 3.05) is 4.90 Å². The zero-order chi connectivity index (χ0) is 27.6. The lowest BCUT2D eigenvalue weighted by molar-refractivity contribution is 0.660. The van der Waals surface area contributed by atoms with Gasteiger partial charge in [0, 0.05) is 44.8 Å². The Bertz CT molecular complexity index is 1960. The number of fused-ring (bicyclic) bond motifs is 6. The van der Waals surface area contributed by atoms with Crippen LogP contribution >= 0.6 is 0 Å². The van der Waals surface area contributed by atoms with Gasteiger partial charge >= 0.3 is 0 Å². The largest absolute Gasteiger partial charge is 0.313 e. The molecular formula is C39H32N2. The second-order valence-corrected chi connectivity index (χ2v) is 11.7. The molecule has 0 radical (unpaired) electrons. The molecule has 2 heteroatoms. The van der Waals surface area contributed by atoms with Gasteiger partial charge in [-0.1, -0.05) is 92.7 Å². The van der Waals surface area contributed by atoms with Crippen LogP contribution in [0.5, 0.6) is 0 Å². The number of nitrogens with zero attached hydrogens (tertiary/aromatic N) is 2. The lowest BCUT2D eigenvalue weighted by Gasteiger charge is -2.27. The maximum absolute atomic E-state index is 2.46. The molecule has 0 N–H and O–H groups in total. The summed E-state index contributed by atoms with van der Waals surface area (Å²) in [4.78, 5) is 2.38. The van der Waals surface area contributed by atoms with E-state index in [0.29, 0.717) is 0 Å². The normalized spacial score (nSPS) is 14.5. The summed E-state index contributed by atoms with van der Waals surface area (Å²) in [5.74, 6) is 0. The maximum Gasteiger partial charge on any atom is 0.0537 e. The van der Waals surface area contributed by atoms with Gasteiger partial charge in [0.05, 0.1) is 5.52 Å². The highest BCUT2D eigenvalue weighted by atomic mass is 15.1. The van der Waals surface area contributed by atoms with Gasteiger partial charge in [0.15, 0.2) is 0 Å². The molecule has 41 heavy (non-hydrogen) atoms. The van der Waals surface area contributed by atoms with E-state index in [9.17, 15) is 0 Å². The third-order valence-corrected chi connectivity index (χ3v) is 9.05. The molecule has 0 fully saturated rings. The Morgan fingerprint density at radius 2 is 1.32 bits per heavy atom. The van der Waals surface area contributed by atoms with Crippen LogP contribution in [-0.4, -0.2) is 4.57 Å². The molecule has 5 aromatic carbocycles. The third-order valence-electron chi connectivity index (χ3n) is 9.05. The van der Waals surface area contributed by atoms with E-state index in [1.165, 1.54) is 55.8 Å². The number of rotatable bonds is 4. The fourth-order valence-corrected chi connectivity index (χ4v) is 7.09. The van der Waals surface area contributed by atoms with Crippen molar-refractivity contribution in [1.82, 2.24) is 4.57 Å². The SMILES string of the molecule is CC1(C)c2ccccc2-c2cc(N(c3ccccc3)c3ccc(-n4c5c(c6ccccc64)C=CCC5)cc3)ccc21. The van der Waals surface area contributed by atoms with Crippen LogP contribution in [0.3, 0.4) is 0 Å². The number of anilines is 3. The Kier molecular flexibility index (Phi) is 5.33. The minimum atomic E-state index is -0.00243. The number of hydrogen-bond donors (Lipinski definition) is 0. The van der Waals surface area contributed by atoms with Crippen LogP contribution in [0.2, 0.25) is 0 Å². The van der Waals surface area contributed by atoms with Crippen LogP contribution in [0.1, 0.15) is 42.7 Å². The zero-order valence-corrected chi connectivity index (χ0v) is 23.5. The predicted molar refractivity (Wildman–Crippen MR) is 173 cm³/mol. The molecular weight excluding hydrogens is 496 g/mol. The van der Waals surface area contributed by atoms with E-state index in [1.54, 1.807) is 0 Å². The molecule has 0 aliphatic heterocycles. The van der Waals surface area contributed by atoms with Gasteiger partial charge in [-0.25, -0.2) is 0 Å². The average molecular weight is 529 g/mol. The summed E-state index contributed by atoms with van der Waals surface area (Å²) < 4.78 is 2.46. The van der Waals surface area contributed by atoms with Gasteiger partial charge in [-0.15, -0.1) is 0 Å². The van der Waals surface area contributed by atoms with E-state index in [1.807, 2.05) is 0 Å². The van der Waals surface area contributed by atoms with E-state index in [2.05, 4.69) is 157 Å². The number of aromatic nitrogens is 1. The fourth-order valence-electron chi connectivity index (χ4n) is 7.09. The smallest absolute Gasteiger partial charge is 0.0537 e. The second kappa shape index (κ2) is 9.11. The van der Waals surface area contributed by atoms with Crippen LogP contribution < -0.4 is 4.90 Å². The summed E-state index contributed by atoms with van der Waals surface area (Å²) in [5, 5.41) is 1.33. The maximum atomic E-state index is 2.46. The number of allylic oxidation sites excluding steroid dienone is 1. The second-order valence-electron chi connectivity index (χ2n) is 11.7. The molecule has 8 rings (SSSR count). The van der Waals surface area contributed by atoms with Crippen LogP contribution in [0.15, 0.2) is 127 Å². The fraction of sp³-hybridized carbons (Fsp3) is 0.128. The van der Waals surface area contributed by atoms with E-state index in [4.69, 9.17) is 0 Å². The minimum absolute atomic E-state index is 0.00243. The molecule has 1 aromatic heterocycles. The van der Waals surface area contributed by atoms with Crippen LogP contribution in [-0.2, 0) is 11.8 Å². The van der Waals surface area contributed by atoms with Crippen molar-refractivity contribution in [1.29, 1.82) is 0 Å². The Balaban J connectivity index is 1.26. The molecule has 2 aliphatic rings. The Hall–Kier alpha value is -4.82. The first-order valence-corrected chi connectivity index (χ1v) is 14.6. The summed E-state index contributed by atoms with van der Waals surface area (Å²) in [5.41, 5.74) is 14.2. The standard InChI is InChI=1S/C39H32N2/c1-39(2)35-17-9-6-14-31(35)34-26-30(24-25-36(34)39)40(27-12-4-3-5-13-27)28-20-22-29(23-21-28)41-37-18-10-7-15-32(37)33-16-8-11-19-38(33)41/h3-10,12-18,20-26H,11,19H2,1-2H3. The van der Waals surface area contributed by atoms with E-state index < -0.39 is 0 Å². The molecule has 0 atom stereocenters. The van der Waals surface area contributed by atoms with E-state index >= 15 is 0 Å². The highest BCUT2D eigenvalue weighted by Crippen LogP contribution is 2.50. The molecule has 6 aromatic rings. The van der Waals surface area contributed by atoms with Gasteiger partial charge in [0.2, 0.25) is 0 Å². The number of hydrogen-bond acceptors (Lipinski definition) is 1. The Morgan fingerprint density at radius 3 is 2.17 bits per heavy atom. The first-order valence-electron chi connectivity index (χ1n) is 14.6. The van der Waals surface area contributed by atoms with Crippen LogP contribution in [0.4, 0.5) is 17.1 Å². The van der Waals surface area contributed by atoms with Crippen molar-refractivity contribution in [2.45, 2.75) is 32.1 Å². The summed E-state index contributed by atoms with van der Waals surface area (Å²) in [7, 11) is 0. The molecule has 0 amide bonds. The highest BCUT2D eigenvalue weighted by molar-refractivity contribution is 5.93. The lowest BCUT2D eigenvalue weighted by atomic mass is 9.82. The molecule has 2 aliphatic carbocycles. The van der Waals surface area contributed by atoms with E-state index in [-0.39, 0.29) is 5.41 Å². The van der Waals surface area contributed by atoms with Gasteiger partial charge < -0.3 is 9.47 Å². The summed E-state index contributed by atoms with van der Waals surface area (Å²) in [6, 6.07) is 44.5. The molecule has 0 saturated carbocycles. The topological polar surface area (TPSA) is 8.17 Å². The third kappa shape index (κ3) is 3.64. The van der Waals surface area contributed by atoms with Gasteiger partial charge in [-0.2, -0.15) is 0 Å². The van der Waals surface area contributed by atoms with Crippen LogP contribution in [0, 0.1) is 0 Å². The quantitative estimate of drug-likeness (QED) is 0.221. The molecule has 198 valence electrons. The molecule has 0 bridgehead atoms. The molecule has 0 unspecified atom stereocenters. The monoisotopic (exact) mass is 528 g/mol. The summed E-state index contributed by atoms with van der Waals surface area (Å²) in [6.07, 6.45) is 6.75. The molecule has 0 saturated heterocycles. The van der Waals surface area contributed by atoms with Gasteiger partial charge in [0.1, 0.15) is 0 Å². The molecule has 0 spiro atoms. The van der Waals surface area contributed by atoms with Gasteiger partial charge in [0.25, 0.3) is 0 Å². The lowest BCUT2D eigenvalue weighted by Crippen LogP contribution is -2.15. The Morgan fingerprint density at radius 1 is 0.634 bits per heavy atom. The van der Waals surface area contributed by atoms with Gasteiger partial charge in [-0.05, 0) is 89.7 Å². The molecule has 1 heterocycles. The average Bonchev–Trinajstić information content (AvgIpc) is 3.47. The van der Waals surface area contributed by atoms with Crippen molar-refractivity contribution in [3.8, 4) is 16.8 Å². The van der Waals surface area contributed by atoms with Crippen molar-refractivity contribution in [3.05, 3.63) is 150 Å². The number of benzene rings is 5. The first kappa shape index (κ1) is 24.0. The Labute approximate surface area is 241 Å². The zero-order valence-electron chi connectivity index (χ0n) is 23.5. The highest BCUT2D eigenvalue weighted by Gasteiger charge is 2.35. The minimum Gasteiger partial charge on any atom is -0.313 e. The van der Waals surface area contributed by atoms with Crippen LogP contribution in [0.25, 0.3) is 33.8 Å². The van der Waals surface area contributed by atoms with Crippen molar-refractivity contribution in [3.63, 3.8) is 0 Å². The van der Waals surface area contributed by atoms with Gasteiger partial charge in [-0.3, -0.25) is 0 Å². The summed E-state index contributed by atoms with van der Waals surface area (Å²) >= 11 is 0. The van der Waals surface area contributed by atoms with Crippen molar-refractivity contribution < 1.29 is 0 Å². The van der Waals surface area contributed by atoms with Crippen molar-refractivity contribution >= 4 is 34.0 Å². The first-order chi connectivity index (χ1) is 20.1. The summed E-state index contributed by atoms with van der Waals surface area (Å²) in [6.45, 7) is 4.68. The number of para-hydroxylation sites is 2. The molecule has 2 nitrogen and oxygen atoms in total. The van der Waals surface area contributed by atoms with Crippen molar-refractivity contribution in [2.24, 2.45) is 0 Å². The predicted octanol–water partition coefficient (Wildman–Crippen LogP) is 10.4.